The molecule has 1 aliphatic heterocycles. The van der Waals surface area contributed by atoms with Gasteiger partial charge < -0.3 is 14.3 Å². The molecule has 3 heterocycles. The number of fused-ring (bicyclic) bond motifs is 2. The number of aromatic nitrogens is 2. The van der Waals surface area contributed by atoms with E-state index in [1.54, 1.807) is 11.0 Å². The first kappa shape index (κ1) is 16.3. The van der Waals surface area contributed by atoms with E-state index in [1.165, 1.54) is 0 Å². The number of piperidine rings is 1. The van der Waals surface area contributed by atoms with E-state index in [0.29, 0.717) is 19.0 Å². The summed E-state index contributed by atoms with van der Waals surface area (Å²) in [5, 5.41) is 0. The van der Waals surface area contributed by atoms with Gasteiger partial charge >= 0.3 is 0 Å². The second kappa shape index (κ2) is 6.37. The van der Waals surface area contributed by atoms with Gasteiger partial charge in [0, 0.05) is 18.8 Å². The highest BCUT2D eigenvalue weighted by Crippen LogP contribution is 2.29. The Morgan fingerprint density at radius 3 is 3.00 bits per heavy atom. The van der Waals surface area contributed by atoms with E-state index in [0.717, 1.165) is 54.5 Å². The Bertz CT molecular complexity index is 1050. The maximum absolute atomic E-state index is 13.0. The summed E-state index contributed by atoms with van der Waals surface area (Å²) in [6, 6.07) is 9.49. The number of amides is 1. The SMILES string of the molecule is O=C(c1cc2c([nH]c1=O)CCC2)N1CCCC(c2nc3ccccc3o2)C1. The van der Waals surface area contributed by atoms with Crippen LogP contribution in [0.3, 0.4) is 0 Å². The Morgan fingerprint density at radius 1 is 1.22 bits per heavy atom. The van der Waals surface area contributed by atoms with Crippen molar-refractivity contribution in [2.45, 2.75) is 38.0 Å². The van der Waals surface area contributed by atoms with Gasteiger partial charge in [-0.05, 0) is 55.9 Å². The fourth-order valence-corrected chi connectivity index (χ4v) is 4.27. The number of hydrogen-bond acceptors (Lipinski definition) is 4. The summed E-state index contributed by atoms with van der Waals surface area (Å²) in [5.41, 5.74) is 3.68. The summed E-state index contributed by atoms with van der Waals surface area (Å²) >= 11 is 0. The number of oxazole rings is 1. The highest BCUT2D eigenvalue weighted by atomic mass is 16.3. The minimum Gasteiger partial charge on any atom is -0.440 e. The number of nitrogens with zero attached hydrogens (tertiary/aromatic N) is 2. The average molecular weight is 363 g/mol. The van der Waals surface area contributed by atoms with Crippen molar-refractivity contribution in [1.29, 1.82) is 0 Å². The van der Waals surface area contributed by atoms with E-state index in [-0.39, 0.29) is 22.9 Å². The zero-order chi connectivity index (χ0) is 18.4. The number of hydrogen-bond donors (Lipinski definition) is 1. The first-order valence-corrected chi connectivity index (χ1v) is 9.59. The van der Waals surface area contributed by atoms with Crippen molar-refractivity contribution >= 4 is 17.0 Å². The molecule has 0 bridgehead atoms. The normalized spacial score (nSPS) is 19.4. The van der Waals surface area contributed by atoms with E-state index < -0.39 is 0 Å². The van der Waals surface area contributed by atoms with Crippen LogP contribution in [0.15, 0.2) is 39.5 Å². The molecule has 2 aliphatic rings. The number of carbonyl (C=O) groups excluding carboxylic acids is 1. The Hall–Kier alpha value is -2.89. The Balaban J connectivity index is 1.41. The van der Waals surface area contributed by atoms with Gasteiger partial charge in [0.15, 0.2) is 11.5 Å². The number of rotatable bonds is 2. The minimum atomic E-state index is -0.273. The van der Waals surface area contributed by atoms with E-state index in [2.05, 4.69) is 9.97 Å². The van der Waals surface area contributed by atoms with Gasteiger partial charge in [0.1, 0.15) is 11.1 Å². The van der Waals surface area contributed by atoms with Crippen LogP contribution in [0.5, 0.6) is 0 Å². The molecule has 0 saturated carbocycles. The molecule has 1 fully saturated rings. The Kier molecular flexibility index (Phi) is 3.85. The van der Waals surface area contributed by atoms with Crippen LogP contribution in [0.1, 0.15) is 52.7 Å². The van der Waals surface area contributed by atoms with Crippen LogP contribution in [0.4, 0.5) is 0 Å². The molecule has 138 valence electrons. The Morgan fingerprint density at radius 2 is 2.11 bits per heavy atom. The van der Waals surface area contributed by atoms with Crippen LogP contribution >= 0.6 is 0 Å². The molecule has 3 aromatic rings. The summed E-state index contributed by atoms with van der Waals surface area (Å²) in [6.07, 6.45) is 4.65. The van der Waals surface area contributed by atoms with Crippen LogP contribution in [-0.2, 0) is 12.8 Å². The predicted molar refractivity (Wildman–Crippen MR) is 101 cm³/mol. The summed E-state index contributed by atoms with van der Waals surface area (Å²) in [7, 11) is 0. The van der Waals surface area contributed by atoms with Gasteiger partial charge in [-0.2, -0.15) is 0 Å². The van der Waals surface area contributed by atoms with Gasteiger partial charge in [-0.15, -0.1) is 0 Å². The number of pyridine rings is 1. The van der Waals surface area contributed by atoms with Crippen LogP contribution in [0, 0.1) is 0 Å². The van der Waals surface area contributed by atoms with Gasteiger partial charge in [0.05, 0.1) is 5.92 Å². The topological polar surface area (TPSA) is 79.2 Å². The van der Waals surface area contributed by atoms with Crippen molar-refractivity contribution in [3.8, 4) is 0 Å². The van der Waals surface area contributed by atoms with Gasteiger partial charge in [-0.1, -0.05) is 12.1 Å². The molecular formula is C21H21N3O3. The molecule has 1 amide bonds. The number of aryl methyl sites for hydroxylation is 2. The van der Waals surface area contributed by atoms with Crippen molar-refractivity contribution in [3.05, 3.63) is 63.4 Å². The second-order valence-electron chi connectivity index (χ2n) is 7.48. The molecule has 1 aliphatic carbocycles. The van der Waals surface area contributed by atoms with E-state index in [1.807, 2.05) is 24.3 Å². The highest BCUT2D eigenvalue weighted by molar-refractivity contribution is 5.94. The smallest absolute Gasteiger partial charge is 0.261 e. The third kappa shape index (κ3) is 2.85. The summed E-state index contributed by atoms with van der Waals surface area (Å²) in [4.78, 5) is 34.7. The van der Waals surface area contributed by atoms with Crippen LogP contribution in [-0.4, -0.2) is 33.9 Å². The van der Waals surface area contributed by atoms with Crippen molar-refractivity contribution in [3.63, 3.8) is 0 Å². The number of H-pyrrole nitrogens is 1. The molecule has 6 nitrogen and oxygen atoms in total. The van der Waals surface area contributed by atoms with Gasteiger partial charge in [0.2, 0.25) is 0 Å². The number of benzene rings is 1. The molecule has 1 N–H and O–H groups in total. The lowest BCUT2D eigenvalue weighted by Gasteiger charge is -2.31. The molecule has 1 aromatic carbocycles. The van der Waals surface area contributed by atoms with Gasteiger partial charge in [-0.3, -0.25) is 9.59 Å². The summed E-state index contributed by atoms with van der Waals surface area (Å²) in [6.45, 7) is 1.19. The molecule has 1 saturated heterocycles. The lowest BCUT2D eigenvalue weighted by Crippen LogP contribution is -2.41. The molecular weight excluding hydrogens is 342 g/mol. The second-order valence-corrected chi connectivity index (χ2v) is 7.48. The maximum Gasteiger partial charge on any atom is 0.261 e. The fraction of sp³-hybridized carbons (Fsp3) is 0.381. The minimum absolute atomic E-state index is 0.0589. The third-order valence-corrected chi connectivity index (χ3v) is 5.69. The average Bonchev–Trinajstić information content (AvgIpc) is 3.33. The lowest BCUT2D eigenvalue weighted by atomic mass is 9.97. The molecule has 5 rings (SSSR count). The van der Waals surface area contributed by atoms with Crippen molar-refractivity contribution in [2.75, 3.05) is 13.1 Å². The zero-order valence-electron chi connectivity index (χ0n) is 15.0. The maximum atomic E-state index is 13.0. The zero-order valence-corrected chi connectivity index (χ0v) is 15.0. The standard InChI is InChI=1S/C21H21N3O3/c25-19-15(11-13-5-3-8-16(13)22-19)21(26)24-10-4-6-14(12-24)20-23-17-7-1-2-9-18(17)27-20/h1-2,7,9,11,14H,3-6,8,10,12H2,(H,22,25). The van der Waals surface area contributed by atoms with E-state index in [4.69, 9.17) is 4.42 Å². The number of para-hydroxylation sites is 2. The van der Waals surface area contributed by atoms with Crippen molar-refractivity contribution in [1.82, 2.24) is 14.9 Å². The van der Waals surface area contributed by atoms with Crippen molar-refractivity contribution < 1.29 is 9.21 Å². The lowest BCUT2D eigenvalue weighted by molar-refractivity contribution is 0.0697. The fourth-order valence-electron chi connectivity index (χ4n) is 4.27. The summed E-state index contributed by atoms with van der Waals surface area (Å²) in [5.74, 6) is 0.548. The van der Waals surface area contributed by atoms with Gasteiger partial charge in [0.25, 0.3) is 11.5 Å². The van der Waals surface area contributed by atoms with E-state index >= 15 is 0 Å². The van der Waals surface area contributed by atoms with Crippen LogP contribution in [0.2, 0.25) is 0 Å². The molecule has 0 spiro atoms. The number of carbonyl (C=O) groups is 1. The first-order valence-electron chi connectivity index (χ1n) is 9.59. The van der Waals surface area contributed by atoms with Crippen LogP contribution in [0.25, 0.3) is 11.1 Å². The van der Waals surface area contributed by atoms with Gasteiger partial charge in [-0.25, -0.2) is 4.98 Å². The molecule has 1 atom stereocenters. The quantitative estimate of drug-likeness (QED) is 0.759. The molecule has 6 heteroatoms. The monoisotopic (exact) mass is 363 g/mol. The number of likely N-dealkylation sites (tertiary alicyclic amines) is 1. The molecule has 2 aromatic heterocycles. The third-order valence-electron chi connectivity index (χ3n) is 5.69. The number of aromatic amines is 1. The molecule has 0 radical (unpaired) electrons. The number of nitrogens with one attached hydrogen (secondary N) is 1. The largest absolute Gasteiger partial charge is 0.440 e. The van der Waals surface area contributed by atoms with Crippen molar-refractivity contribution in [2.24, 2.45) is 0 Å². The molecule has 1 unspecified atom stereocenters. The highest BCUT2D eigenvalue weighted by Gasteiger charge is 2.30. The first-order chi connectivity index (χ1) is 13.2. The summed E-state index contributed by atoms with van der Waals surface area (Å²) < 4.78 is 5.91. The predicted octanol–water partition coefficient (Wildman–Crippen LogP) is 3.02. The molecule has 27 heavy (non-hydrogen) atoms. The van der Waals surface area contributed by atoms with E-state index in [9.17, 15) is 9.59 Å². The van der Waals surface area contributed by atoms with Crippen LogP contribution < -0.4 is 5.56 Å². The Labute approximate surface area is 156 Å².